The average molecular weight is 479 g/mol. The molecule has 2 atom stereocenters. The fraction of sp³-hybridized carbons (Fsp3) is 0.833. The maximum absolute atomic E-state index is 11.4. The number of piperidine rings is 1. The van der Waals surface area contributed by atoms with Crippen LogP contribution in [0.15, 0.2) is 0 Å². The second-order valence-electron chi connectivity index (χ2n) is 7.98. The lowest BCUT2D eigenvalue weighted by atomic mass is 9.89. The van der Waals surface area contributed by atoms with E-state index in [0.29, 0.717) is 6.54 Å². The molecule has 3 fully saturated rings. The Kier molecular flexibility index (Phi) is 10.2. The predicted octanol–water partition coefficient (Wildman–Crippen LogP) is 1.66. The number of hydrogen-bond donors (Lipinski definition) is 3. The van der Waals surface area contributed by atoms with Crippen LogP contribution in [0.2, 0.25) is 0 Å². The number of rotatable bonds is 4. The van der Waals surface area contributed by atoms with Gasteiger partial charge in [-0.3, -0.25) is 9.69 Å². The number of fused-ring (bicyclic) bond motifs is 1. The predicted molar refractivity (Wildman–Crippen MR) is 98.6 cm³/mol. The number of halogens is 6. The summed E-state index contributed by atoms with van der Waals surface area (Å²) >= 11 is 0. The Morgan fingerprint density at radius 1 is 0.844 bits per heavy atom. The van der Waals surface area contributed by atoms with Gasteiger partial charge < -0.3 is 20.4 Å². The van der Waals surface area contributed by atoms with Crippen molar-refractivity contribution in [3.05, 3.63) is 0 Å². The van der Waals surface area contributed by atoms with E-state index in [9.17, 15) is 31.1 Å². The zero-order chi connectivity index (χ0) is 24.7. The Balaban J connectivity index is 0.000000305. The monoisotopic (exact) mass is 479 g/mol. The number of aliphatic carboxylic acids is 2. The van der Waals surface area contributed by atoms with Crippen molar-refractivity contribution < 1.29 is 50.9 Å². The van der Waals surface area contributed by atoms with Crippen LogP contribution >= 0.6 is 0 Å². The van der Waals surface area contributed by atoms with Gasteiger partial charge in [0, 0.05) is 33.2 Å². The van der Waals surface area contributed by atoms with Crippen molar-refractivity contribution in [3.8, 4) is 0 Å². The summed E-state index contributed by atoms with van der Waals surface area (Å²) in [5, 5.41) is 17.0. The maximum atomic E-state index is 11.4. The van der Waals surface area contributed by atoms with Crippen molar-refractivity contribution in [2.75, 3.05) is 46.3 Å². The third-order valence-corrected chi connectivity index (χ3v) is 5.31. The summed E-state index contributed by atoms with van der Waals surface area (Å²) in [5.41, 5.74) is 0. The summed E-state index contributed by atoms with van der Waals surface area (Å²) in [6.07, 6.45) is -5.98. The fourth-order valence-electron chi connectivity index (χ4n) is 3.58. The molecule has 14 heteroatoms. The summed E-state index contributed by atoms with van der Waals surface area (Å²) in [6.45, 7) is 6.73. The summed E-state index contributed by atoms with van der Waals surface area (Å²) in [5.74, 6) is -2.65. The van der Waals surface area contributed by atoms with Gasteiger partial charge in [-0.2, -0.15) is 26.3 Å². The lowest BCUT2D eigenvalue weighted by molar-refractivity contribution is -0.193. The van der Waals surface area contributed by atoms with E-state index in [1.807, 2.05) is 0 Å². The van der Waals surface area contributed by atoms with Gasteiger partial charge in [0.05, 0.1) is 6.54 Å². The molecule has 0 aromatic heterocycles. The van der Waals surface area contributed by atoms with Gasteiger partial charge in [-0.1, -0.05) is 0 Å². The molecule has 0 spiro atoms. The molecule has 1 amide bonds. The van der Waals surface area contributed by atoms with E-state index in [2.05, 4.69) is 15.1 Å². The van der Waals surface area contributed by atoms with Gasteiger partial charge in [0.2, 0.25) is 5.91 Å². The molecule has 0 bridgehead atoms. The van der Waals surface area contributed by atoms with Crippen molar-refractivity contribution >= 4 is 17.8 Å². The van der Waals surface area contributed by atoms with Crippen LogP contribution < -0.4 is 5.32 Å². The zero-order valence-corrected chi connectivity index (χ0v) is 17.4. The molecule has 1 aliphatic carbocycles. The number of alkyl halides is 6. The van der Waals surface area contributed by atoms with E-state index < -0.39 is 24.3 Å². The molecule has 3 N–H and O–H groups in total. The van der Waals surface area contributed by atoms with Gasteiger partial charge in [0.15, 0.2) is 0 Å². The first-order valence-corrected chi connectivity index (χ1v) is 9.89. The number of nitrogens with zero attached hydrogens (tertiary/aromatic N) is 2. The van der Waals surface area contributed by atoms with E-state index >= 15 is 0 Å². The third kappa shape index (κ3) is 10.5. The smallest absolute Gasteiger partial charge is 0.475 e. The lowest BCUT2D eigenvalue weighted by Gasteiger charge is -2.33. The average Bonchev–Trinajstić information content (AvgIpc) is 3.38. The molecule has 2 heterocycles. The Bertz CT molecular complexity index is 630. The van der Waals surface area contributed by atoms with Crippen LogP contribution in [0.5, 0.6) is 0 Å². The van der Waals surface area contributed by atoms with E-state index in [4.69, 9.17) is 19.8 Å². The van der Waals surface area contributed by atoms with E-state index in [0.717, 1.165) is 30.8 Å². The van der Waals surface area contributed by atoms with E-state index in [-0.39, 0.29) is 5.91 Å². The standard InChI is InChI=1S/C14H25N3O.2C2HF3O2/c1-15-14(18)10-16-5-4-12-7-17(6-11-2-3-11)9-13(12)8-16;2*3-2(4,5)1(6)7/h11-13H,2-10H2,1H3,(H,15,18);2*(H,6,7)/t12-,13+;;/m1../s1. The van der Waals surface area contributed by atoms with Crippen LogP contribution in [0.1, 0.15) is 19.3 Å². The third-order valence-electron chi connectivity index (χ3n) is 5.31. The number of carbonyl (C=O) groups is 3. The van der Waals surface area contributed by atoms with Gasteiger partial charge in [0.1, 0.15) is 0 Å². The van der Waals surface area contributed by atoms with Gasteiger partial charge in [0.25, 0.3) is 0 Å². The number of hydrogen-bond acceptors (Lipinski definition) is 5. The molecular weight excluding hydrogens is 452 g/mol. The lowest BCUT2D eigenvalue weighted by Crippen LogP contribution is -2.44. The molecule has 0 aromatic rings. The minimum Gasteiger partial charge on any atom is -0.475 e. The molecule has 0 radical (unpaired) electrons. The minimum absolute atomic E-state index is 0.154. The largest absolute Gasteiger partial charge is 0.490 e. The molecule has 8 nitrogen and oxygen atoms in total. The number of carbonyl (C=O) groups excluding carboxylic acids is 1. The Labute approximate surface area is 180 Å². The highest BCUT2D eigenvalue weighted by Crippen LogP contribution is 2.35. The second kappa shape index (κ2) is 11.7. The van der Waals surface area contributed by atoms with Crippen molar-refractivity contribution in [1.82, 2.24) is 15.1 Å². The number of carboxylic acids is 2. The topological polar surface area (TPSA) is 110 Å². The van der Waals surface area contributed by atoms with Crippen molar-refractivity contribution in [2.24, 2.45) is 17.8 Å². The Hall–Kier alpha value is -2.09. The SMILES string of the molecule is CNC(=O)CN1CC[C@@H]2CN(CC3CC3)C[C@@H]2C1.O=C(O)C(F)(F)F.O=C(O)C(F)(F)F. The molecule has 0 aromatic carbocycles. The molecule has 1 saturated carbocycles. The highest BCUT2D eigenvalue weighted by molar-refractivity contribution is 5.77. The first-order chi connectivity index (χ1) is 14.6. The van der Waals surface area contributed by atoms with E-state index in [1.54, 1.807) is 7.05 Å². The molecule has 2 saturated heterocycles. The van der Waals surface area contributed by atoms with Crippen LogP contribution in [0.25, 0.3) is 0 Å². The molecule has 3 rings (SSSR count). The maximum Gasteiger partial charge on any atom is 0.490 e. The van der Waals surface area contributed by atoms with Crippen LogP contribution in [0.4, 0.5) is 26.3 Å². The molecule has 3 aliphatic rings. The second-order valence-corrected chi connectivity index (χ2v) is 7.98. The highest BCUT2D eigenvalue weighted by atomic mass is 19.4. The van der Waals surface area contributed by atoms with Crippen LogP contribution in [-0.2, 0) is 14.4 Å². The summed E-state index contributed by atoms with van der Waals surface area (Å²) < 4.78 is 63.5. The fourth-order valence-corrected chi connectivity index (χ4v) is 3.58. The van der Waals surface area contributed by atoms with Gasteiger partial charge in [-0.05, 0) is 43.6 Å². The van der Waals surface area contributed by atoms with Crippen molar-refractivity contribution in [1.29, 1.82) is 0 Å². The molecular formula is C18H27F6N3O5. The summed E-state index contributed by atoms with van der Waals surface area (Å²) in [7, 11) is 1.72. The van der Waals surface area contributed by atoms with Crippen LogP contribution in [0.3, 0.4) is 0 Å². The number of nitrogens with one attached hydrogen (secondary N) is 1. The van der Waals surface area contributed by atoms with Crippen LogP contribution in [0, 0.1) is 17.8 Å². The summed E-state index contributed by atoms with van der Waals surface area (Å²) in [4.78, 5) is 34.2. The number of amides is 1. The number of carboxylic acid groups (broad SMARTS) is 2. The van der Waals surface area contributed by atoms with Crippen LogP contribution in [-0.4, -0.2) is 96.5 Å². The minimum atomic E-state index is -5.08. The molecule has 2 aliphatic heterocycles. The first kappa shape index (κ1) is 27.9. The highest BCUT2D eigenvalue weighted by Gasteiger charge is 2.40. The van der Waals surface area contributed by atoms with Crippen molar-refractivity contribution in [2.45, 2.75) is 31.6 Å². The normalized spacial score (nSPS) is 23.7. The van der Waals surface area contributed by atoms with Gasteiger partial charge in [-0.15, -0.1) is 0 Å². The van der Waals surface area contributed by atoms with Gasteiger partial charge in [-0.25, -0.2) is 9.59 Å². The molecule has 0 unspecified atom stereocenters. The Morgan fingerprint density at radius 3 is 1.69 bits per heavy atom. The molecule has 186 valence electrons. The van der Waals surface area contributed by atoms with Crippen molar-refractivity contribution in [3.63, 3.8) is 0 Å². The van der Waals surface area contributed by atoms with E-state index in [1.165, 1.54) is 38.9 Å². The number of likely N-dealkylation sites (tertiary alicyclic amines) is 2. The molecule has 32 heavy (non-hydrogen) atoms. The van der Waals surface area contributed by atoms with Gasteiger partial charge >= 0.3 is 24.3 Å². The first-order valence-electron chi connectivity index (χ1n) is 9.89. The summed E-state index contributed by atoms with van der Waals surface area (Å²) in [6, 6.07) is 0. The quantitative estimate of drug-likeness (QED) is 0.526. The Morgan fingerprint density at radius 2 is 1.28 bits per heavy atom. The number of likely N-dealkylation sites (N-methyl/N-ethyl adjacent to an activating group) is 1. The zero-order valence-electron chi connectivity index (χ0n) is 17.4.